The fraction of sp³-hybridized carbons (Fsp3) is 0. The molecule has 0 saturated heterocycles. The Morgan fingerprint density at radius 1 is 1.31 bits per heavy atom. The summed E-state index contributed by atoms with van der Waals surface area (Å²) in [5, 5.41) is 1.63. The van der Waals surface area contributed by atoms with Gasteiger partial charge in [0.05, 0.1) is 16.1 Å². The molecule has 0 atom stereocenters. The summed E-state index contributed by atoms with van der Waals surface area (Å²) in [7, 11) is 0. The molecule has 3 N–H and O–H groups in total. The second-order valence-electron chi connectivity index (χ2n) is 3.16. The molecule has 0 spiro atoms. The van der Waals surface area contributed by atoms with Crippen molar-refractivity contribution in [1.82, 2.24) is 10.4 Å². The quantitative estimate of drug-likeness (QED) is 0.466. The van der Waals surface area contributed by atoms with Crippen molar-refractivity contribution in [2.45, 2.75) is 0 Å². The molecule has 1 heterocycles. The van der Waals surface area contributed by atoms with E-state index in [0.717, 1.165) is 0 Å². The summed E-state index contributed by atoms with van der Waals surface area (Å²) in [6.07, 6.45) is 1.41. The lowest BCUT2D eigenvalue weighted by atomic mass is 10.1. The predicted molar refractivity (Wildman–Crippen MR) is 63.4 cm³/mol. The van der Waals surface area contributed by atoms with Gasteiger partial charge in [0, 0.05) is 16.6 Å². The van der Waals surface area contributed by atoms with E-state index in [2.05, 4.69) is 4.98 Å². The van der Waals surface area contributed by atoms with E-state index in [9.17, 15) is 4.79 Å². The van der Waals surface area contributed by atoms with Crippen LogP contribution in [0.3, 0.4) is 0 Å². The first kappa shape index (κ1) is 11.1. The molecule has 0 aliphatic carbocycles. The number of nitrogens with two attached hydrogens (primary N) is 1. The van der Waals surface area contributed by atoms with E-state index < -0.39 is 5.91 Å². The Morgan fingerprint density at radius 3 is 2.75 bits per heavy atom. The van der Waals surface area contributed by atoms with Crippen LogP contribution in [0.4, 0.5) is 0 Å². The normalized spacial score (nSPS) is 10.4. The maximum Gasteiger partial charge on any atom is 0.266 e. The second kappa shape index (κ2) is 4.25. The molecule has 0 bridgehead atoms. The van der Waals surface area contributed by atoms with E-state index >= 15 is 0 Å². The zero-order valence-electron chi connectivity index (χ0n) is 8.00. The number of nitrogens with zero attached hydrogens (tertiary/aromatic N) is 1. The van der Waals surface area contributed by atoms with Gasteiger partial charge in [-0.3, -0.25) is 15.2 Å². The lowest BCUT2D eigenvalue weighted by molar-refractivity contribution is 0.0953. The second-order valence-corrected chi connectivity index (χ2v) is 4.00. The van der Waals surface area contributed by atoms with Gasteiger partial charge in [0.25, 0.3) is 5.91 Å². The highest BCUT2D eigenvalue weighted by atomic mass is 35.5. The van der Waals surface area contributed by atoms with Crippen molar-refractivity contribution in [2.24, 2.45) is 5.84 Å². The third-order valence-corrected chi connectivity index (χ3v) is 2.60. The van der Waals surface area contributed by atoms with Gasteiger partial charge in [-0.2, -0.15) is 0 Å². The SMILES string of the molecule is NNC(=O)c1cnc2c(Cl)cc(Cl)cc2c1. The first-order valence-corrected chi connectivity index (χ1v) is 5.13. The summed E-state index contributed by atoms with van der Waals surface area (Å²) in [6, 6.07) is 4.91. The van der Waals surface area contributed by atoms with Crippen LogP contribution >= 0.6 is 23.2 Å². The third kappa shape index (κ3) is 1.95. The lowest BCUT2D eigenvalue weighted by Gasteiger charge is -2.03. The van der Waals surface area contributed by atoms with E-state index in [1.807, 2.05) is 5.43 Å². The monoisotopic (exact) mass is 255 g/mol. The van der Waals surface area contributed by atoms with Crippen LogP contribution in [0.15, 0.2) is 24.4 Å². The highest BCUT2D eigenvalue weighted by Gasteiger charge is 2.08. The predicted octanol–water partition coefficient (Wildman–Crippen LogP) is 2.15. The molecule has 1 aromatic carbocycles. The number of hydrazine groups is 1. The maximum atomic E-state index is 11.3. The highest BCUT2D eigenvalue weighted by Crippen LogP contribution is 2.26. The zero-order chi connectivity index (χ0) is 11.7. The maximum absolute atomic E-state index is 11.3. The number of hydrogen-bond donors (Lipinski definition) is 2. The average molecular weight is 256 g/mol. The van der Waals surface area contributed by atoms with Gasteiger partial charge in [-0.25, -0.2) is 5.84 Å². The molecule has 82 valence electrons. The van der Waals surface area contributed by atoms with Gasteiger partial charge < -0.3 is 0 Å². The summed E-state index contributed by atoms with van der Waals surface area (Å²) in [5.74, 6) is 4.62. The molecule has 1 amide bonds. The van der Waals surface area contributed by atoms with Crippen molar-refractivity contribution in [3.63, 3.8) is 0 Å². The number of carbonyl (C=O) groups excluding carboxylic acids is 1. The van der Waals surface area contributed by atoms with E-state index in [1.165, 1.54) is 6.20 Å². The Balaban J connectivity index is 2.66. The zero-order valence-corrected chi connectivity index (χ0v) is 9.51. The molecule has 0 radical (unpaired) electrons. The van der Waals surface area contributed by atoms with Crippen molar-refractivity contribution >= 4 is 40.0 Å². The van der Waals surface area contributed by atoms with Crippen LogP contribution < -0.4 is 11.3 Å². The number of pyridine rings is 1. The Bertz CT molecular complexity index is 571. The van der Waals surface area contributed by atoms with Crippen LogP contribution in [0.1, 0.15) is 10.4 Å². The molecule has 4 nitrogen and oxygen atoms in total. The molecule has 2 rings (SSSR count). The van der Waals surface area contributed by atoms with Gasteiger partial charge in [-0.15, -0.1) is 0 Å². The molecule has 1 aromatic heterocycles. The van der Waals surface area contributed by atoms with Gasteiger partial charge >= 0.3 is 0 Å². The number of hydrogen-bond acceptors (Lipinski definition) is 3. The Kier molecular flexibility index (Phi) is 2.96. The fourth-order valence-corrected chi connectivity index (χ4v) is 1.94. The number of nitrogen functional groups attached to an aromatic ring is 1. The van der Waals surface area contributed by atoms with Crippen LogP contribution in [0.2, 0.25) is 10.0 Å². The molecule has 0 saturated carbocycles. The molecule has 2 aromatic rings. The molecule has 0 fully saturated rings. The minimum absolute atomic E-state index is 0.355. The van der Waals surface area contributed by atoms with Crippen LogP contribution in [0, 0.1) is 0 Å². The van der Waals surface area contributed by atoms with Crippen molar-refractivity contribution < 1.29 is 4.79 Å². The van der Waals surface area contributed by atoms with Crippen molar-refractivity contribution in [3.05, 3.63) is 40.0 Å². The van der Waals surface area contributed by atoms with Crippen LogP contribution in [-0.2, 0) is 0 Å². The largest absolute Gasteiger partial charge is 0.290 e. The summed E-state index contributed by atoms with van der Waals surface area (Å²) in [5.41, 5.74) is 2.98. The molecular formula is C10H7Cl2N3O. The Labute approximate surface area is 101 Å². The number of fused-ring (bicyclic) bond motifs is 1. The molecule has 0 aliphatic heterocycles. The number of halogens is 2. The number of aromatic nitrogens is 1. The van der Waals surface area contributed by atoms with E-state index in [1.54, 1.807) is 18.2 Å². The van der Waals surface area contributed by atoms with Crippen LogP contribution in [0.5, 0.6) is 0 Å². The van der Waals surface area contributed by atoms with Gasteiger partial charge in [-0.1, -0.05) is 23.2 Å². The van der Waals surface area contributed by atoms with Gasteiger partial charge in [0.2, 0.25) is 0 Å². The van der Waals surface area contributed by atoms with E-state index in [0.29, 0.717) is 26.5 Å². The molecule has 0 unspecified atom stereocenters. The van der Waals surface area contributed by atoms with Gasteiger partial charge in [-0.05, 0) is 18.2 Å². The first-order valence-electron chi connectivity index (χ1n) is 4.37. The minimum atomic E-state index is -0.412. The number of rotatable bonds is 1. The molecule has 16 heavy (non-hydrogen) atoms. The lowest BCUT2D eigenvalue weighted by Crippen LogP contribution is -2.30. The molecule has 0 aliphatic rings. The standard InChI is InChI=1S/C10H7Cl2N3O/c11-7-2-5-1-6(10(16)15-13)4-14-9(5)8(12)3-7/h1-4H,13H2,(H,15,16). The van der Waals surface area contributed by atoms with Gasteiger partial charge in [0.1, 0.15) is 0 Å². The Hall–Kier alpha value is -1.36. The average Bonchev–Trinajstić information content (AvgIpc) is 2.27. The van der Waals surface area contributed by atoms with Crippen molar-refractivity contribution in [1.29, 1.82) is 0 Å². The van der Waals surface area contributed by atoms with Crippen LogP contribution in [0.25, 0.3) is 10.9 Å². The number of amides is 1. The van der Waals surface area contributed by atoms with Crippen LogP contribution in [-0.4, -0.2) is 10.9 Å². The Morgan fingerprint density at radius 2 is 2.06 bits per heavy atom. The fourth-order valence-electron chi connectivity index (χ4n) is 1.38. The molecule has 6 heteroatoms. The molecular weight excluding hydrogens is 249 g/mol. The van der Waals surface area contributed by atoms with E-state index in [4.69, 9.17) is 29.0 Å². The number of benzene rings is 1. The summed E-state index contributed by atoms with van der Waals surface area (Å²) < 4.78 is 0. The summed E-state index contributed by atoms with van der Waals surface area (Å²) in [6.45, 7) is 0. The smallest absolute Gasteiger partial charge is 0.266 e. The van der Waals surface area contributed by atoms with Crippen molar-refractivity contribution in [3.8, 4) is 0 Å². The number of nitrogens with one attached hydrogen (secondary N) is 1. The minimum Gasteiger partial charge on any atom is -0.290 e. The van der Waals surface area contributed by atoms with E-state index in [-0.39, 0.29) is 0 Å². The summed E-state index contributed by atoms with van der Waals surface area (Å²) >= 11 is 11.8. The number of carbonyl (C=O) groups is 1. The first-order chi connectivity index (χ1) is 7.61. The topological polar surface area (TPSA) is 68.0 Å². The summed E-state index contributed by atoms with van der Waals surface area (Å²) in [4.78, 5) is 15.4. The van der Waals surface area contributed by atoms with Crippen molar-refractivity contribution in [2.75, 3.05) is 0 Å². The third-order valence-electron chi connectivity index (χ3n) is 2.09. The highest BCUT2D eigenvalue weighted by molar-refractivity contribution is 6.38. The van der Waals surface area contributed by atoms with Gasteiger partial charge in [0.15, 0.2) is 0 Å².